The first-order chi connectivity index (χ1) is 23.8. The molecule has 5 aliphatic carbocycles. The highest BCUT2D eigenvalue weighted by atomic mass is 32.1. The third-order valence-corrected chi connectivity index (χ3v) is 13.8. The van der Waals surface area contributed by atoms with E-state index < -0.39 is 0 Å². The summed E-state index contributed by atoms with van der Waals surface area (Å²) in [7, 11) is 0. The monoisotopic (exact) mass is 635 g/mol. The van der Waals surface area contributed by atoms with Gasteiger partial charge in [-0.2, -0.15) is 0 Å². The van der Waals surface area contributed by atoms with Crippen molar-refractivity contribution in [2.24, 2.45) is 23.7 Å². The second kappa shape index (κ2) is 10.2. The summed E-state index contributed by atoms with van der Waals surface area (Å²) in [5.74, 6) is 3.38. The highest BCUT2D eigenvalue weighted by Crippen LogP contribution is 2.69. The van der Waals surface area contributed by atoms with Crippen molar-refractivity contribution in [1.29, 1.82) is 0 Å². The van der Waals surface area contributed by atoms with Gasteiger partial charge in [-0.1, -0.05) is 97.1 Å². The summed E-state index contributed by atoms with van der Waals surface area (Å²) in [5, 5.41) is 2.69. The first kappa shape index (κ1) is 27.3. The van der Waals surface area contributed by atoms with Gasteiger partial charge in [0.05, 0.1) is 0 Å². The van der Waals surface area contributed by atoms with Gasteiger partial charge >= 0.3 is 0 Å². The molecular weight excluding hydrogens is 599 g/mol. The minimum absolute atomic E-state index is 0.149. The van der Waals surface area contributed by atoms with E-state index in [2.05, 4.69) is 144 Å². The van der Waals surface area contributed by atoms with E-state index in [1.54, 1.807) is 11.1 Å². The third-order valence-electron chi connectivity index (χ3n) is 12.6. The molecular formula is C46H37NS. The molecule has 1 nitrogen and oxygen atoms in total. The molecule has 0 atom stereocenters. The molecule has 0 unspecified atom stereocenters. The maximum Gasteiger partial charge on any atom is 0.0467 e. The zero-order valence-electron chi connectivity index (χ0n) is 27.0. The van der Waals surface area contributed by atoms with Crippen LogP contribution in [0, 0.1) is 23.7 Å². The molecule has 1 spiro atoms. The van der Waals surface area contributed by atoms with Crippen LogP contribution in [0.3, 0.4) is 0 Å². The van der Waals surface area contributed by atoms with E-state index in [0.29, 0.717) is 0 Å². The molecule has 232 valence electrons. The van der Waals surface area contributed by atoms with Crippen LogP contribution in [0.2, 0.25) is 0 Å². The van der Waals surface area contributed by atoms with E-state index >= 15 is 0 Å². The largest absolute Gasteiger partial charge is 0.310 e. The summed E-state index contributed by atoms with van der Waals surface area (Å²) in [4.78, 5) is 2.50. The van der Waals surface area contributed by atoms with Gasteiger partial charge in [0.25, 0.3) is 0 Å². The Morgan fingerprint density at radius 1 is 0.479 bits per heavy atom. The molecule has 1 aromatic heterocycles. The molecule has 0 saturated heterocycles. The van der Waals surface area contributed by atoms with E-state index in [9.17, 15) is 0 Å². The van der Waals surface area contributed by atoms with Crippen LogP contribution in [0.5, 0.6) is 0 Å². The zero-order chi connectivity index (χ0) is 31.4. The Hall–Kier alpha value is -4.66. The average Bonchev–Trinajstić information content (AvgIpc) is 3.65. The fourth-order valence-electron chi connectivity index (χ4n) is 11.1. The lowest BCUT2D eigenvalue weighted by molar-refractivity contribution is -0.0399. The summed E-state index contributed by atoms with van der Waals surface area (Å²) >= 11 is 1.91. The number of para-hydroxylation sites is 1. The lowest BCUT2D eigenvalue weighted by Gasteiger charge is -2.61. The van der Waals surface area contributed by atoms with Crippen molar-refractivity contribution in [2.75, 3.05) is 4.90 Å². The van der Waals surface area contributed by atoms with Crippen LogP contribution in [0.1, 0.15) is 43.2 Å². The summed E-state index contributed by atoms with van der Waals surface area (Å²) < 4.78 is 2.71. The van der Waals surface area contributed by atoms with Crippen LogP contribution in [0.15, 0.2) is 140 Å². The molecule has 0 N–H and O–H groups in total. The Balaban J connectivity index is 1.09. The Kier molecular flexibility index (Phi) is 5.79. The molecule has 48 heavy (non-hydrogen) atoms. The zero-order valence-corrected chi connectivity index (χ0v) is 27.8. The second-order valence-electron chi connectivity index (χ2n) is 15.0. The van der Waals surface area contributed by atoms with Gasteiger partial charge in [0.2, 0.25) is 0 Å². The molecule has 4 saturated carbocycles. The summed E-state index contributed by atoms with van der Waals surface area (Å²) in [6.07, 6.45) is 7.08. The van der Waals surface area contributed by atoms with E-state index in [-0.39, 0.29) is 5.41 Å². The van der Waals surface area contributed by atoms with Crippen molar-refractivity contribution < 1.29 is 0 Å². The number of hydrogen-bond donors (Lipinski definition) is 0. The van der Waals surface area contributed by atoms with Crippen molar-refractivity contribution in [3.8, 4) is 22.3 Å². The molecule has 4 bridgehead atoms. The van der Waals surface area contributed by atoms with Gasteiger partial charge in [-0.15, -0.1) is 11.3 Å². The predicted molar refractivity (Wildman–Crippen MR) is 203 cm³/mol. The molecule has 12 rings (SSSR count). The van der Waals surface area contributed by atoms with Crippen molar-refractivity contribution in [2.45, 2.75) is 37.5 Å². The number of hydrogen-bond acceptors (Lipinski definition) is 2. The van der Waals surface area contributed by atoms with Crippen LogP contribution in [-0.2, 0) is 5.41 Å². The number of thiophene rings is 1. The van der Waals surface area contributed by atoms with Crippen molar-refractivity contribution in [3.05, 3.63) is 151 Å². The minimum atomic E-state index is 0.149. The summed E-state index contributed by atoms with van der Waals surface area (Å²) in [5.41, 5.74) is 12.6. The Morgan fingerprint density at radius 3 is 1.98 bits per heavy atom. The van der Waals surface area contributed by atoms with Crippen molar-refractivity contribution >= 4 is 48.6 Å². The fourth-order valence-corrected chi connectivity index (χ4v) is 12.3. The molecule has 5 aliphatic rings. The van der Waals surface area contributed by atoms with E-state index in [1.807, 2.05) is 11.3 Å². The van der Waals surface area contributed by atoms with E-state index in [1.165, 1.54) is 91.6 Å². The van der Waals surface area contributed by atoms with Gasteiger partial charge in [0, 0.05) is 42.6 Å². The van der Waals surface area contributed by atoms with Gasteiger partial charge in [0.15, 0.2) is 0 Å². The predicted octanol–water partition coefficient (Wildman–Crippen LogP) is 12.9. The maximum absolute atomic E-state index is 2.62. The van der Waals surface area contributed by atoms with Gasteiger partial charge in [-0.3, -0.25) is 0 Å². The Bertz CT molecular complexity index is 2350. The molecule has 0 amide bonds. The third kappa shape index (κ3) is 3.73. The van der Waals surface area contributed by atoms with Gasteiger partial charge in [-0.25, -0.2) is 0 Å². The average molecular weight is 636 g/mol. The van der Waals surface area contributed by atoms with E-state index in [4.69, 9.17) is 0 Å². The lowest BCUT2D eigenvalue weighted by atomic mass is 9.43. The van der Waals surface area contributed by atoms with Crippen LogP contribution < -0.4 is 4.90 Å². The van der Waals surface area contributed by atoms with Crippen molar-refractivity contribution in [1.82, 2.24) is 0 Å². The fraction of sp³-hybridized carbons (Fsp3) is 0.217. The standard InChI is InChI=1S/C46H37NS/c1-2-11-34(12-3-1)47(35-13-8-10-31(27-35)37-16-9-17-41-40-15-5-7-19-44(40)48-45(37)41)36-20-21-39-38-14-4-6-18-42(38)46(43(39)28-36)32-23-29-22-30(25-32)26-33(46)24-29/h1-21,27-30,32-33H,22-26H2/t29-,30?,32-,33-,46?/m1/s1. The first-order valence-electron chi connectivity index (χ1n) is 17.9. The molecule has 0 aliphatic heterocycles. The van der Waals surface area contributed by atoms with Crippen molar-refractivity contribution in [3.63, 3.8) is 0 Å². The normalized spacial score (nSPS) is 24.8. The van der Waals surface area contributed by atoms with Crippen LogP contribution in [-0.4, -0.2) is 0 Å². The topological polar surface area (TPSA) is 3.24 Å². The Morgan fingerprint density at radius 2 is 1.12 bits per heavy atom. The smallest absolute Gasteiger partial charge is 0.0467 e. The highest BCUT2D eigenvalue weighted by Gasteiger charge is 2.61. The quantitative estimate of drug-likeness (QED) is 0.186. The number of fused-ring (bicyclic) bond motifs is 6. The molecule has 6 aromatic carbocycles. The second-order valence-corrected chi connectivity index (χ2v) is 16.0. The highest BCUT2D eigenvalue weighted by molar-refractivity contribution is 7.26. The summed E-state index contributed by atoms with van der Waals surface area (Å²) in [6, 6.07) is 52.8. The van der Waals surface area contributed by atoms with E-state index in [0.717, 1.165) is 23.7 Å². The number of benzene rings is 6. The molecule has 4 fully saturated rings. The number of anilines is 3. The van der Waals surface area contributed by atoms with Crippen LogP contribution in [0.25, 0.3) is 42.4 Å². The number of rotatable bonds is 4. The molecule has 1 heterocycles. The number of nitrogens with zero attached hydrogens (tertiary/aromatic N) is 1. The van der Waals surface area contributed by atoms with Gasteiger partial charge in [-0.05, 0) is 132 Å². The minimum Gasteiger partial charge on any atom is -0.310 e. The molecule has 0 radical (unpaired) electrons. The SMILES string of the molecule is c1ccc(N(c2cccc(-c3cccc4c3sc3ccccc34)c2)c2ccc3c(c2)C2(c4ccccc4-3)[C@H]3CC4C[C@H](C3)C[C@@H]2C4)cc1. The van der Waals surface area contributed by atoms with Crippen LogP contribution >= 0.6 is 11.3 Å². The van der Waals surface area contributed by atoms with Crippen LogP contribution in [0.4, 0.5) is 17.1 Å². The van der Waals surface area contributed by atoms with Gasteiger partial charge < -0.3 is 4.90 Å². The maximum atomic E-state index is 2.62. The van der Waals surface area contributed by atoms with Gasteiger partial charge in [0.1, 0.15) is 0 Å². The molecule has 2 heteroatoms. The Labute approximate surface area is 286 Å². The lowest BCUT2D eigenvalue weighted by Crippen LogP contribution is -2.55. The first-order valence-corrected chi connectivity index (χ1v) is 18.7. The summed E-state index contributed by atoms with van der Waals surface area (Å²) in [6.45, 7) is 0. The molecule has 7 aromatic rings.